The molecule has 0 saturated carbocycles. The van der Waals surface area contributed by atoms with E-state index < -0.39 is 28.6 Å². The van der Waals surface area contributed by atoms with Crippen LogP contribution in [-0.4, -0.2) is 49.0 Å². The molecule has 0 radical (unpaired) electrons. The summed E-state index contributed by atoms with van der Waals surface area (Å²) >= 11 is 1.47. The van der Waals surface area contributed by atoms with Gasteiger partial charge in [-0.15, -0.1) is 11.8 Å². The smallest absolute Gasteiger partial charge is 0.407 e. The van der Waals surface area contributed by atoms with E-state index in [1.807, 2.05) is 65.0 Å². The molecule has 3 aromatic rings. The van der Waals surface area contributed by atoms with E-state index in [4.69, 9.17) is 9.47 Å². The fraction of sp³-hybridized carbons (Fsp3) is 0.400. The normalized spacial score (nSPS) is 16.6. The number of morpholine rings is 1. The van der Waals surface area contributed by atoms with Crippen molar-refractivity contribution in [3.8, 4) is 0 Å². The molecule has 1 aliphatic heterocycles. The Morgan fingerprint density at radius 1 is 1.15 bits per heavy atom. The van der Waals surface area contributed by atoms with Crippen LogP contribution in [0.1, 0.15) is 48.3 Å². The van der Waals surface area contributed by atoms with E-state index in [0.717, 1.165) is 27.7 Å². The van der Waals surface area contributed by atoms with Gasteiger partial charge in [-0.1, -0.05) is 17.7 Å². The third-order valence-corrected chi connectivity index (χ3v) is 7.55. The first-order valence-electron chi connectivity index (χ1n) is 13.0. The maximum absolute atomic E-state index is 15.1. The fourth-order valence-corrected chi connectivity index (χ4v) is 5.56. The molecule has 2 heterocycles. The summed E-state index contributed by atoms with van der Waals surface area (Å²) in [5.41, 5.74) is 2.55. The van der Waals surface area contributed by atoms with Gasteiger partial charge in [0.05, 0.1) is 18.0 Å². The molecule has 1 fully saturated rings. The maximum atomic E-state index is 15.1. The molecule has 1 saturated heterocycles. The van der Waals surface area contributed by atoms with Crippen molar-refractivity contribution in [3.05, 3.63) is 88.6 Å². The van der Waals surface area contributed by atoms with Gasteiger partial charge in [-0.2, -0.15) is 0 Å². The summed E-state index contributed by atoms with van der Waals surface area (Å²) in [4.78, 5) is 19.8. The van der Waals surface area contributed by atoms with Crippen molar-refractivity contribution in [3.63, 3.8) is 0 Å². The largest absolute Gasteiger partial charge is 0.444 e. The first kappa shape index (κ1) is 28.8. The van der Waals surface area contributed by atoms with E-state index in [0.29, 0.717) is 32.1 Å². The zero-order valence-corrected chi connectivity index (χ0v) is 23.8. The zero-order valence-electron chi connectivity index (χ0n) is 23.0. The maximum Gasteiger partial charge on any atom is 0.407 e. The van der Waals surface area contributed by atoms with Gasteiger partial charge in [0.15, 0.2) is 0 Å². The van der Waals surface area contributed by atoms with Crippen molar-refractivity contribution < 1.29 is 23.0 Å². The highest BCUT2D eigenvalue weighted by Crippen LogP contribution is 2.43. The van der Waals surface area contributed by atoms with E-state index in [9.17, 15) is 9.18 Å². The second-order valence-electron chi connectivity index (χ2n) is 10.7. The minimum absolute atomic E-state index is 0.254. The van der Waals surface area contributed by atoms with Crippen LogP contribution in [0.2, 0.25) is 0 Å². The highest BCUT2D eigenvalue weighted by molar-refractivity contribution is 7.99. The Hall–Kier alpha value is -3.17. The monoisotopic (exact) mass is 555 g/mol. The van der Waals surface area contributed by atoms with Gasteiger partial charge >= 0.3 is 6.09 Å². The molecule has 2 atom stereocenters. The number of nitrogens with one attached hydrogen (secondary N) is 1. The first-order valence-corrected chi connectivity index (χ1v) is 13.8. The van der Waals surface area contributed by atoms with Crippen molar-refractivity contribution in [1.82, 2.24) is 10.3 Å². The average molecular weight is 556 g/mol. The van der Waals surface area contributed by atoms with Gasteiger partial charge in [0.1, 0.15) is 23.1 Å². The number of benzene rings is 2. The third-order valence-electron chi connectivity index (χ3n) is 6.26. The van der Waals surface area contributed by atoms with E-state index >= 15 is 4.39 Å². The summed E-state index contributed by atoms with van der Waals surface area (Å²) in [5, 5.41) is 2.28. The summed E-state index contributed by atoms with van der Waals surface area (Å²) in [5.74, 6) is -0.229. The number of hydrogen-bond acceptors (Lipinski definition) is 6. The van der Waals surface area contributed by atoms with Gasteiger partial charge in [0.25, 0.3) is 0 Å². The van der Waals surface area contributed by atoms with Crippen molar-refractivity contribution in [2.75, 3.05) is 31.1 Å². The number of carbonyl (C=O) groups is 1. The number of alkyl carbamates (subject to hydrolysis) is 1. The molecule has 0 spiro atoms. The minimum Gasteiger partial charge on any atom is -0.444 e. The van der Waals surface area contributed by atoms with E-state index in [1.165, 1.54) is 23.9 Å². The Labute approximate surface area is 233 Å². The summed E-state index contributed by atoms with van der Waals surface area (Å²) in [6.07, 6.45) is 1.02. The number of aryl methyl sites for hydroxylation is 2. The molecule has 4 rings (SSSR count). The molecule has 2 aromatic carbocycles. The number of aromatic nitrogens is 1. The standard InChI is InChI=1S/C30H35F2N3O3S/c1-19-6-9-23(10-7-19)39-28(25-14-21(31)8-11-26(25)32)24-15-27(33-16-20(24)2)35-12-13-37-22(18-35)17-34-29(36)38-30(3,4)5/h6-11,14-16,22,28H,12-13,17-18H2,1-5H3,(H,34,36). The van der Waals surface area contributed by atoms with Gasteiger partial charge in [-0.25, -0.2) is 18.6 Å². The molecule has 1 aliphatic rings. The summed E-state index contributed by atoms with van der Waals surface area (Å²) < 4.78 is 40.6. The SMILES string of the molecule is Cc1ccc(SC(c2cc(N3CCOC(CNC(=O)OC(C)(C)C)C3)ncc2C)c2cc(F)ccc2F)cc1. The molecule has 1 aromatic heterocycles. The number of rotatable bonds is 7. The molecule has 2 unspecified atom stereocenters. The number of pyridine rings is 1. The number of ether oxygens (including phenoxy) is 2. The quantitative estimate of drug-likeness (QED) is 0.332. The molecule has 208 valence electrons. The van der Waals surface area contributed by atoms with Gasteiger partial charge < -0.3 is 19.7 Å². The molecule has 0 bridgehead atoms. The first-order chi connectivity index (χ1) is 18.5. The van der Waals surface area contributed by atoms with Crippen LogP contribution < -0.4 is 10.2 Å². The molecule has 1 amide bonds. The number of nitrogens with zero attached hydrogens (tertiary/aromatic N) is 2. The van der Waals surface area contributed by atoms with Gasteiger partial charge in [0, 0.05) is 36.3 Å². The zero-order chi connectivity index (χ0) is 28.2. The predicted molar refractivity (Wildman–Crippen MR) is 150 cm³/mol. The second kappa shape index (κ2) is 12.3. The third kappa shape index (κ3) is 7.92. The van der Waals surface area contributed by atoms with Crippen molar-refractivity contribution in [1.29, 1.82) is 0 Å². The van der Waals surface area contributed by atoms with Crippen molar-refractivity contribution >= 4 is 23.7 Å². The van der Waals surface area contributed by atoms with Crippen LogP contribution in [0.4, 0.5) is 19.4 Å². The minimum atomic E-state index is -0.583. The van der Waals surface area contributed by atoms with Crippen LogP contribution >= 0.6 is 11.8 Å². The number of amides is 1. The molecular weight excluding hydrogens is 520 g/mol. The van der Waals surface area contributed by atoms with Crippen molar-refractivity contribution in [2.45, 2.75) is 56.5 Å². The fourth-order valence-electron chi connectivity index (χ4n) is 4.31. The summed E-state index contributed by atoms with van der Waals surface area (Å²) in [7, 11) is 0. The summed E-state index contributed by atoms with van der Waals surface area (Å²) in [6, 6.07) is 13.5. The van der Waals surface area contributed by atoms with Crippen LogP contribution in [0, 0.1) is 25.5 Å². The van der Waals surface area contributed by atoms with Crippen LogP contribution in [0.15, 0.2) is 59.6 Å². The highest BCUT2D eigenvalue weighted by atomic mass is 32.2. The lowest BCUT2D eigenvalue weighted by Crippen LogP contribution is -2.48. The molecular formula is C30H35F2N3O3S. The topological polar surface area (TPSA) is 63.7 Å². The Morgan fingerprint density at radius 2 is 1.90 bits per heavy atom. The van der Waals surface area contributed by atoms with Crippen molar-refractivity contribution in [2.24, 2.45) is 0 Å². The number of carbonyl (C=O) groups excluding carboxylic acids is 1. The Bertz CT molecular complexity index is 1300. The van der Waals surface area contributed by atoms with Crippen LogP contribution in [0.5, 0.6) is 0 Å². The van der Waals surface area contributed by atoms with Crippen LogP contribution in [0.3, 0.4) is 0 Å². The van der Waals surface area contributed by atoms with Crippen LogP contribution in [-0.2, 0) is 9.47 Å². The average Bonchev–Trinajstić information content (AvgIpc) is 2.88. The summed E-state index contributed by atoms with van der Waals surface area (Å²) in [6.45, 7) is 11.3. The number of hydrogen-bond donors (Lipinski definition) is 1. The Kier molecular flexibility index (Phi) is 9.12. The Balaban J connectivity index is 1.59. The lowest BCUT2D eigenvalue weighted by Gasteiger charge is -2.34. The molecule has 39 heavy (non-hydrogen) atoms. The highest BCUT2D eigenvalue weighted by Gasteiger charge is 2.27. The van der Waals surface area contributed by atoms with E-state index in [2.05, 4.69) is 15.2 Å². The van der Waals surface area contributed by atoms with E-state index in [-0.39, 0.29) is 11.7 Å². The lowest BCUT2D eigenvalue weighted by molar-refractivity contribution is 0.0281. The molecule has 1 N–H and O–H groups in total. The van der Waals surface area contributed by atoms with Gasteiger partial charge in [-0.3, -0.25) is 0 Å². The lowest BCUT2D eigenvalue weighted by atomic mass is 10.0. The molecule has 9 heteroatoms. The number of anilines is 1. The Morgan fingerprint density at radius 3 is 2.62 bits per heavy atom. The molecule has 6 nitrogen and oxygen atoms in total. The predicted octanol–water partition coefficient (Wildman–Crippen LogP) is 6.59. The number of thioether (sulfide) groups is 1. The van der Waals surface area contributed by atoms with Crippen LogP contribution in [0.25, 0.3) is 0 Å². The van der Waals surface area contributed by atoms with Gasteiger partial charge in [-0.05, 0) is 82.1 Å². The van der Waals surface area contributed by atoms with E-state index in [1.54, 1.807) is 6.20 Å². The molecule has 0 aliphatic carbocycles. The number of halogens is 2. The van der Waals surface area contributed by atoms with Gasteiger partial charge in [0.2, 0.25) is 0 Å². The second-order valence-corrected chi connectivity index (χ2v) is 11.9.